The highest BCUT2D eigenvalue weighted by Crippen LogP contribution is 2.49. The number of hydrogen-bond donors (Lipinski definition) is 0. The van der Waals surface area contributed by atoms with Crippen LogP contribution in [-0.2, 0) is 0 Å². The van der Waals surface area contributed by atoms with Gasteiger partial charge in [0.15, 0.2) is 0 Å². The van der Waals surface area contributed by atoms with Crippen LogP contribution in [0, 0.1) is 0 Å². The summed E-state index contributed by atoms with van der Waals surface area (Å²) in [4.78, 5) is 0. The van der Waals surface area contributed by atoms with Gasteiger partial charge in [0, 0.05) is 11.5 Å². The average molecular weight is 429 g/mol. The fraction of sp³-hybridized carbons (Fsp3) is 0.100. The Morgan fingerprint density at radius 3 is 1.82 bits per heavy atom. The second-order valence-electron chi connectivity index (χ2n) is 8.40. The molecular formula is C30H24N2O. The first-order valence-corrected chi connectivity index (χ1v) is 11.4. The predicted octanol–water partition coefficient (Wildman–Crippen LogP) is 7.20. The van der Waals surface area contributed by atoms with Crippen LogP contribution in [0.15, 0.2) is 121 Å². The van der Waals surface area contributed by atoms with E-state index in [4.69, 9.17) is 9.84 Å². The number of aromatic nitrogens is 2. The Morgan fingerprint density at radius 1 is 0.636 bits per heavy atom. The second-order valence-corrected chi connectivity index (χ2v) is 8.40. The van der Waals surface area contributed by atoms with Gasteiger partial charge in [-0.15, -0.1) is 0 Å². The summed E-state index contributed by atoms with van der Waals surface area (Å²) in [6.45, 7) is 0. The quantitative estimate of drug-likeness (QED) is 0.303. The molecule has 2 atom stereocenters. The van der Waals surface area contributed by atoms with Crippen molar-refractivity contribution in [3.8, 4) is 22.8 Å². The molecule has 2 unspecified atom stereocenters. The lowest BCUT2D eigenvalue weighted by molar-refractivity contribution is 0.155. The Labute approximate surface area is 193 Å². The average Bonchev–Trinajstić information content (AvgIpc) is 3.30. The number of benzene rings is 4. The molecule has 4 aromatic carbocycles. The van der Waals surface area contributed by atoms with Crippen LogP contribution >= 0.6 is 0 Å². The molecule has 0 bridgehead atoms. The Bertz CT molecular complexity index is 1350. The molecular weight excluding hydrogens is 404 g/mol. The van der Waals surface area contributed by atoms with Crippen LogP contribution in [0.2, 0.25) is 0 Å². The van der Waals surface area contributed by atoms with Crippen molar-refractivity contribution in [2.45, 2.75) is 18.4 Å². The summed E-state index contributed by atoms with van der Waals surface area (Å²) in [6, 6.07) is 41.9. The molecule has 3 heteroatoms. The Kier molecular flexibility index (Phi) is 5.00. The van der Waals surface area contributed by atoms with Crippen molar-refractivity contribution in [1.29, 1.82) is 0 Å². The molecule has 0 fully saturated rings. The number of rotatable bonds is 4. The van der Waals surface area contributed by atoms with Crippen molar-refractivity contribution in [1.82, 2.24) is 9.78 Å². The molecule has 2 heterocycles. The molecule has 0 amide bonds. The monoisotopic (exact) mass is 428 g/mol. The van der Waals surface area contributed by atoms with Crippen molar-refractivity contribution in [3.63, 3.8) is 0 Å². The zero-order valence-corrected chi connectivity index (χ0v) is 18.2. The van der Waals surface area contributed by atoms with Crippen LogP contribution in [0.5, 0.6) is 5.88 Å². The number of hydrogen-bond acceptors (Lipinski definition) is 2. The Hall–Kier alpha value is -4.11. The summed E-state index contributed by atoms with van der Waals surface area (Å²) in [6.07, 6.45) is 0.813. The SMILES string of the molecule is c1ccc(-c2nn(-c3ccccc3)c3c2C(c2ccccc2)CC(c2ccccc2)O3)cc1. The van der Waals surface area contributed by atoms with E-state index < -0.39 is 0 Å². The first-order chi connectivity index (χ1) is 16.4. The van der Waals surface area contributed by atoms with E-state index in [1.807, 2.05) is 35.0 Å². The van der Waals surface area contributed by atoms with E-state index in [0.29, 0.717) is 0 Å². The smallest absolute Gasteiger partial charge is 0.221 e. The molecule has 0 N–H and O–H groups in total. The molecule has 0 saturated carbocycles. The van der Waals surface area contributed by atoms with Crippen LogP contribution < -0.4 is 4.74 Å². The van der Waals surface area contributed by atoms with Gasteiger partial charge in [0.2, 0.25) is 5.88 Å². The van der Waals surface area contributed by atoms with Crippen molar-refractivity contribution in [2.75, 3.05) is 0 Å². The number of para-hydroxylation sites is 1. The highest BCUT2D eigenvalue weighted by Gasteiger charge is 2.37. The molecule has 0 spiro atoms. The van der Waals surface area contributed by atoms with Gasteiger partial charge < -0.3 is 4.74 Å². The van der Waals surface area contributed by atoms with Gasteiger partial charge in [-0.1, -0.05) is 109 Å². The van der Waals surface area contributed by atoms with Gasteiger partial charge >= 0.3 is 0 Å². The lowest BCUT2D eigenvalue weighted by Gasteiger charge is -2.31. The molecule has 0 saturated heterocycles. The van der Waals surface area contributed by atoms with E-state index in [1.165, 1.54) is 11.1 Å². The number of ether oxygens (including phenoxy) is 1. The van der Waals surface area contributed by atoms with Crippen LogP contribution in [-0.4, -0.2) is 9.78 Å². The minimum Gasteiger partial charge on any atom is -0.469 e. The highest BCUT2D eigenvalue weighted by atomic mass is 16.5. The lowest BCUT2D eigenvalue weighted by atomic mass is 9.82. The van der Waals surface area contributed by atoms with Gasteiger partial charge in [-0.05, 0) is 29.7 Å². The standard InChI is InChI=1S/C30H24N2O/c1-5-13-22(14-6-1)26-21-27(23-15-7-2-8-16-23)33-30-28(26)29(24-17-9-3-10-18-24)31-32(30)25-19-11-4-12-20-25/h1-20,26-27H,21H2. The first kappa shape index (κ1) is 19.6. The van der Waals surface area contributed by atoms with E-state index >= 15 is 0 Å². The fourth-order valence-electron chi connectivity index (χ4n) is 4.77. The summed E-state index contributed by atoms with van der Waals surface area (Å²) in [5.74, 6) is 1.00. The molecule has 5 aromatic rings. The maximum absolute atomic E-state index is 6.76. The molecule has 0 aliphatic carbocycles. The van der Waals surface area contributed by atoms with Gasteiger partial charge in [0.05, 0.1) is 11.3 Å². The third kappa shape index (κ3) is 3.62. The summed E-state index contributed by atoms with van der Waals surface area (Å²) < 4.78 is 8.73. The third-order valence-corrected chi connectivity index (χ3v) is 6.35. The van der Waals surface area contributed by atoms with E-state index in [2.05, 4.69) is 91.0 Å². The number of fused-ring (bicyclic) bond motifs is 1. The molecule has 1 aliphatic rings. The van der Waals surface area contributed by atoms with Crippen molar-refractivity contribution < 1.29 is 4.74 Å². The van der Waals surface area contributed by atoms with E-state index in [0.717, 1.165) is 34.8 Å². The minimum atomic E-state index is -0.0494. The normalized spacial score (nSPS) is 17.2. The second kappa shape index (κ2) is 8.44. The van der Waals surface area contributed by atoms with Crippen LogP contribution in [0.3, 0.4) is 0 Å². The van der Waals surface area contributed by atoms with Crippen LogP contribution in [0.4, 0.5) is 0 Å². The molecule has 33 heavy (non-hydrogen) atoms. The summed E-state index contributed by atoms with van der Waals surface area (Å²) in [7, 11) is 0. The molecule has 3 nitrogen and oxygen atoms in total. The van der Waals surface area contributed by atoms with Gasteiger partial charge in [-0.3, -0.25) is 0 Å². The lowest BCUT2D eigenvalue weighted by Crippen LogP contribution is -2.21. The fourth-order valence-corrected chi connectivity index (χ4v) is 4.77. The summed E-state index contributed by atoms with van der Waals surface area (Å²) >= 11 is 0. The maximum Gasteiger partial charge on any atom is 0.221 e. The Balaban J connectivity index is 1.60. The first-order valence-electron chi connectivity index (χ1n) is 11.4. The van der Waals surface area contributed by atoms with Crippen LogP contribution in [0.1, 0.15) is 35.1 Å². The summed E-state index contributed by atoms with van der Waals surface area (Å²) in [5.41, 5.74) is 6.71. The van der Waals surface area contributed by atoms with Crippen molar-refractivity contribution >= 4 is 0 Å². The molecule has 0 radical (unpaired) electrons. The van der Waals surface area contributed by atoms with Crippen molar-refractivity contribution in [2.24, 2.45) is 0 Å². The minimum absolute atomic E-state index is 0.0494. The topological polar surface area (TPSA) is 27.1 Å². The highest BCUT2D eigenvalue weighted by molar-refractivity contribution is 5.69. The van der Waals surface area contributed by atoms with Gasteiger partial charge in [0.25, 0.3) is 0 Å². The summed E-state index contributed by atoms with van der Waals surface area (Å²) in [5, 5.41) is 5.13. The number of nitrogens with zero attached hydrogens (tertiary/aromatic N) is 2. The van der Waals surface area contributed by atoms with E-state index in [9.17, 15) is 0 Å². The molecule has 1 aromatic heterocycles. The van der Waals surface area contributed by atoms with E-state index in [1.54, 1.807) is 0 Å². The Morgan fingerprint density at radius 2 is 1.18 bits per heavy atom. The van der Waals surface area contributed by atoms with Crippen LogP contribution in [0.25, 0.3) is 16.9 Å². The van der Waals surface area contributed by atoms with Crippen molar-refractivity contribution in [3.05, 3.63) is 138 Å². The van der Waals surface area contributed by atoms with Gasteiger partial charge in [-0.2, -0.15) is 5.10 Å². The zero-order valence-electron chi connectivity index (χ0n) is 18.2. The maximum atomic E-state index is 6.76. The molecule has 160 valence electrons. The predicted molar refractivity (Wildman–Crippen MR) is 132 cm³/mol. The molecule has 6 rings (SSSR count). The van der Waals surface area contributed by atoms with E-state index in [-0.39, 0.29) is 12.0 Å². The molecule has 1 aliphatic heterocycles. The van der Waals surface area contributed by atoms with Gasteiger partial charge in [-0.25, -0.2) is 4.68 Å². The largest absolute Gasteiger partial charge is 0.469 e. The van der Waals surface area contributed by atoms with Gasteiger partial charge in [0.1, 0.15) is 11.8 Å². The zero-order chi connectivity index (χ0) is 22.0. The third-order valence-electron chi connectivity index (χ3n) is 6.35.